The Morgan fingerprint density at radius 1 is 1.14 bits per heavy atom. The van der Waals surface area contributed by atoms with Gasteiger partial charge in [-0.05, 0) is 72.7 Å². The van der Waals surface area contributed by atoms with E-state index in [9.17, 15) is 18.3 Å². The molecular weight excluding hydrogens is 568 g/mol. The van der Waals surface area contributed by atoms with Gasteiger partial charge in [-0.1, -0.05) is 29.5 Å². The molecule has 2 fully saturated rings. The molecule has 2 aromatic heterocycles. The molecule has 1 saturated heterocycles. The maximum absolute atomic E-state index is 14.0. The zero-order chi connectivity index (χ0) is 29.9. The van der Waals surface area contributed by atoms with Crippen LogP contribution in [0.5, 0.6) is 0 Å². The van der Waals surface area contributed by atoms with E-state index in [0.717, 1.165) is 51.7 Å². The minimum Gasteiger partial charge on any atom is -0.481 e. The molecule has 0 amide bonds. The van der Waals surface area contributed by atoms with Crippen molar-refractivity contribution in [1.82, 2.24) is 24.3 Å². The Hall–Kier alpha value is -3.87. The first-order chi connectivity index (χ1) is 20.7. The van der Waals surface area contributed by atoms with E-state index in [1.54, 1.807) is 18.3 Å². The van der Waals surface area contributed by atoms with Crippen molar-refractivity contribution in [3.8, 4) is 0 Å². The normalized spacial score (nSPS) is 20.8. The number of nitrogens with zero attached hydrogens (tertiary/aromatic N) is 6. The van der Waals surface area contributed by atoms with Gasteiger partial charge in [0.05, 0.1) is 37.2 Å². The Morgan fingerprint density at radius 3 is 2.77 bits per heavy atom. The molecule has 12 heteroatoms. The van der Waals surface area contributed by atoms with Crippen LogP contribution in [0, 0.1) is 13.8 Å². The summed E-state index contributed by atoms with van der Waals surface area (Å²) in [6, 6.07) is 13.3. The Labute approximate surface area is 250 Å². The topological polar surface area (TPSA) is 131 Å². The first-order valence-corrected chi connectivity index (χ1v) is 16.1. The Bertz CT molecular complexity index is 1840. The maximum Gasteiger partial charge on any atom is 0.304 e. The van der Waals surface area contributed by atoms with Crippen molar-refractivity contribution in [2.75, 3.05) is 31.2 Å². The largest absolute Gasteiger partial charge is 0.481 e. The fourth-order valence-corrected chi connectivity index (χ4v) is 8.08. The average molecular weight is 603 g/mol. The van der Waals surface area contributed by atoms with Crippen LogP contribution < -0.4 is 4.90 Å². The maximum atomic E-state index is 14.0. The molecule has 1 aliphatic carbocycles. The van der Waals surface area contributed by atoms with Crippen molar-refractivity contribution in [3.05, 3.63) is 76.5 Å². The second kappa shape index (κ2) is 10.7. The van der Waals surface area contributed by atoms with Crippen molar-refractivity contribution >= 4 is 32.8 Å². The lowest BCUT2D eigenvalue weighted by Gasteiger charge is -2.36. The number of anilines is 1. The number of carbonyl (C=O) groups is 1. The summed E-state index contributed by atoms with van der Waals surface area (Å²) in [7, 11) is -3.87. The van der Waals surface area contributed by atoms with E-state index in [1.165, 1.54) is 4.31 Å². The highest BCUT2D eigenvalue weighted by molar-refractivity contribution is 7.89. The number of fused-ring (bicyclic) bond motifs is 4. The Morgan fingerprint density at radius 2 is 1.98 bits per heavy atom. The number of hydrogen-bond acceptors (Lipinski definition) is 8. The molecule has 0 radical (unpaired) electrons. The zero-order valence-corrected chi connectivity index (χ0v) is 25.0. The third-order valence-corrected chi connectivity index (χ3v) is 10.8. The van der Waals surface area contributed by atoms with Crippen LogP contribution in [0.1, 0.15) is 59.0 Å². The molecule has 2 aliphatic heterocycles. The molecule has 43 heavy (non-hydrogen) atoms. The molecule has 0 bridgehead atoms. The summed E-state index contributed by atoms with van der Waals surface area (Å²) < 4.78 is 37.3. The SMILES string of the molecule is Cc1ccc([C@H](CC(=O)O)c2ccc3c(nnn3C3CC3)c2C)cc1CN1C[C@@H]2COCCN2c2ncccc2S1(=O)=O. The minimum atomic E-state index is -3.87. The molecule has 4 aromatic rings. The Balaban J connectivity index is 1.26. The van der Waals surface area contributed by atoms with E-state index < -0.39 is 21.9 Å². The van der Waals surface area contributed by atoms with E-state index in [2.05, 4.69) is 15.3 Å². The molecule has 2 aromatic carbocycles. The lowest BCUT2D eigenvalue weighted by molar-refractivity contribution is -0.137. The van der Waals surface area contributed by atoms with E-state index in [1.807, 2.05) is 53.8 Å². The molecule has 2 atom stereocenters. The number of aromatic nitrogens is 4. The van der Waals surface area contributed by atoms with E-state index in [-0.39, 0.29) is 30.4 Å². The first-order valence-electron chi connectivity index (χ1n) is 14.7. The second-order valence-corrected chi connectivity index (χ2v) is 13.7. The van der Waals surface area contributed by atoms with Crippen LogP contribution in [-0.4, -0.2) is 76.1 Å². The number of aryl methyl sites for hydroxylation is 2. The van der Waals surface area contributed by atoms with Crippen molar-refractivity contribution in [2.24, 2.45) is 0 Å². The van der Waals surface area contributed by atoms with Gasteiger partial charge >= 0.3 is 5.97 Å². The number of ether oxygens (including phenoxy) is 1. The van der Waals surface area contributed by atoms with Crippen LogP contribution in [-0.2, 0) is 26.1 Å². The first kappa shape index (κ1) is 27.9. The molecule has 4 heterocycles. The second-order valence-electron chi connectivity index (χ2n) is 11.8. The highest BCUT2D eigenvalue weighted by Crippen LogP contribution is 2.39. The Kier molecular flexibility index (Phi) is 6.94. The van der Waals surface area contributed by atoms with Gasteiger partial charge in [-0.3, -0.25) is 4.79 Å². The summed E-state index contributed by atoms with van der Waals surface area (Å²) in [4.78, 5) is 18.8. The fraction of sp³-hybridized carbons (Fsp3) is 0.419. The average Bonchev–Trinajstić information content (AvgIpc) is 3.76. The van der Waals surface area contributed by atoms with Gasteiger partial charge in [0, 0.05) is 31.7 Å². The number of carboxylic acids is 1. The van der Waals surface area contributed by atoms with Crippen molar-refractivity contribution < 1.29 is 23.1 Å². The van der Waals surface area contributed by atoms with E-state index in [4.69, 9.17) is 4.74 Å². The predicted molar refractivity (Wildman–Crippen MR) is 160 cm³/mol. The quantitative estimate of drug-likeness (QED) is 0.336. The van der Waals surface area contributed by atoms with Crippen LogP contribution in [0.4, 0.5) is 5.82 Å². The van der Waals surface area contributed by atoms with E-state index in [0.29, 0.717) is 31.6 Å². The molecule has 3 aliphatic rings. The van der Waals surface area contributed by atoms with Crippen LogP contribution in [0.2, 0.25) is 0 Å². The van der Waals surface area contributed by atoms with Gasteiger partial charge in [-0.15, -0.1) is 5.10 Å². The number of hydrogen-bond donors (Lipinski definition) is 1. The van der Waals surface area contributed by atoms with Crippen LogP contribution in [0.25, 0.3) is 11.0 Å². The lowest BCUT2D eigenvalue weighted by Crippen LogP contribution is -2.50. The van der Waals surface area contributed by atoms with Crippen molar-refractivity contribution in [2.45, 2.75) is 62.6 Å². The highest BCUT2D eigenvalue weighted by atomic mass is 32.2. The van der Waals surface area contributed by atoms with Gasteiger partial charge < -0.3 is 14.7 Å². The van der Waals surface area contributed by atoms with Gasteiger partial charge in [0.15, 0.2) is 0 Å². The van der Waals surface area contributed by atoms with Crippen molar-refractivity contribution in [1.29, 1.82) is 0 Å². The fourth-order valence-electron chi connectivity index (χ4n) is 6.48. The number of carboxylic acid groups (broad SMARTS) is 1. The number of pyridine rings is 1. The van der Waals surface area contributed by atoms with Gasteiger partial charge in [0.2, 0.25) is 10.0 Å². The zero-order valence-electron chi connectivity index (χ0n) is 24.2. The summed E-state index contributed by atoms with van der Waals surface area (Å²) >= 11 is 0. The summed E-state index contributed by atoms with van der Waals surface area (Å²) in [5.74, 6) is -0.889. The highest BCUT2D eigenvalue weighted by Gasteiger charge is 2.39. The van der Waals surface area contributed by atoms with Crippen LogP contribution in [0.3, 0.4) is 0 Å². The van der Waals surface area contributed by atoms with Crippen molar-refractivity contribution in [3.63, 3.8) is 0 Å². The molecule has 7 rings (SSSR count). The number of aliphatic carboxylic acids is 1. The molecule has 0 unspecified atom stereocenters. The molecule has 1 saturated carbocycles. The lowest BCUT2D eigenvalue weighted by atomic mass is 9.84. The third kappa shape index (κ3) is 4.96. The minimum absolute atomic E-state index is 0.110. The van der Waals surface area contributed by atoms with Gasteiger partial charge in [-0.25, -0.2) is 18.1 Å². The summed E-state index contributed by atoms with van der Waals surface area (Å²) in [5.41, 5.74) is 6.11. The van der Waals surface area contributed by atoms with Gasteiger partial charge in [-0.2, -0.15) is 4.31 Å². The third-order valence-electron chi connectivity index (χ3n) is 8.99. The van der Waals surface area contributed by atoms with Crippen LogP contribution in [0.15, 0.2) is 53.6 Å². The van der Waals surface area contributed by atoms with E-state index >= 15 is 0 Å². The molecular formula is C31H34N6O5S. The number of benzene rings is 2. The molecule has 1 N–H and O–H groups in total. The molecule has 0 spiro atoms. The monoisotopic (exact) mass is 602 g/mol. The van der Waals surface area contributed by atoms with Gasteiger partial charge in [0.25, 0.3) is 0 Å². The smallest absolute Gasteiger partial charge is 0.304 e. The molecule has 224 valence electrons. The van der Waals surface area contributed by atoms with Gasteiger partial charge in [0.1, 0.15) is 16.2 Å². The summed E-state index contributed by atoms with van der Waals surface area (Å²) in [6.07, 6.45) is 3.70. The standard InChI is InChI=1S/C31H34N6O5S/c1-19-5-6-21(26(15-29(38)39)25-9-10-27-30(20(25)2)33-34-37(27)23-7-8-23)14-22(19)16-35-17-24-18-42-13-12-36(24)31-28(43(35,40)41)4-3-11-32-31/h3-6,9-11,14,23-24,26H,7-8,12-13,15-18H2,1-2H3,(H,38,39)/t24-,26+/m1/s1. The van der Waals surface area contributed by atoms with Crippen LogP contribution >= 0.6 is 0 Å². The summed E-state index contributed by atoms with van der Waals surface area (Å²) in [5, 5.41) is 18.8. The molecule has 11 nitrogen and oxygen atoms in total. The predicted octanol–water partition coefficient (Wildman–Crippen LogP) is 3.79. The number of rotatable bonds is 7. The number of morpholine rings is 1. The number of sulfonamides is 1. The summed E-state index contributed by atoms with van der Waals surface area (Å²) in [6.45, 7) is 5.83.